The van der Waals surface area contributed by atoms with E-state index in [1.54, 1.807) is 18.2 Å². The first-order chi connectivity index (χ1) is 10.0. The van der Waals surface area contributed by atoms with Gasteiger partial charge in [-0.05, 0) is 28.1 Å². The predicted octanol–water partition coefficient (Wildman–Crippen LogP) is 1.41. The minimum absolute atomic E-state index is 0.0977. The van der Waals surface area contributed by atoms with Gasteiger partial charge in [-0.1, -0.05) is 12.1 Å². The summed E-state index contributed by atoms with van der Waals surface area (Å²) in [5, 5.41) is 6.47. The van der Waals surface area contributed by atoms with Gasteiger partial charge in [0, 0.05) is 10.7 Å². The number of nitrogens with zero attached hydrogens (tertiary/aromatic N) is 2. The summed E-state index contributed by atoms with van der Waals surface area (Å²) in [7, 11) is 0. The van der Waals surface area contributed by atoms with Gasteiger partial charge >= 0.3 is 5.97 Å². The number of hydrogen-bond acceptors (Lipinski definition) is 5. The normalized spacial score (nSPS) is 10.1. The topological polar surface area (TPSA) is 99.2 Å². The minimum Gasteiger partial charge on any atom is -0.454 e. The van der Waals surface area contributed by atoms with Crippen LogP contribution in [0.1, 0.15) is 0 Å². The summed E-state index contributed by atoms with van der Waals surface area (Å²) < 4.78 is 6.94. The molecule has 110 valence electrons. The number of ether oxygens (including phenoxy) is 1. The van der Waals surface area contributed by atoms with Crippen molar-refractivity contribution in [1.29, 1.82) is 0 Å². The average Bonchev–Trinajstić information content (AvgIpc) is 2.84. The average molecular weight is 353 g/mol. The number of carbonyl (C=O) groups excluding carboxylic acids is 2. The smallest absolute Gasteiger partial charge is 0.328 e. The summed E-state index contributed by atoms with van der Waals surface area (Å²) in [6, 6.07) is 7.14. The van der Waals surface area contributed by atoms with Crippen LogP contribution in [-0.4, -0.2) is 28.3 Å². The van der Waals surface area contributed by atoms with Crippen molar-refractivity contribution >= 4 is 39.2 Å². The Morgan fingerprint density at radius 2 is 2.14 bits per heavy atom. The van der Waals surface area contributed by atoms with Crippen molar-refractivity contribution in [2.45, 2.75) is 6.54 Å². The minimum atomic E-state index is -0.569. The summed E-state index contributed by atoms with van der Waals surface area (Å²) >= 11 is 3.31. The van der Waals surface area contributed by atoms with E-state index in [9.17, 15) is 9.59 Å². The van der Waals surface area contributed by atoms with Gasteiger partial charge in [-0.25, -0.2) is 0 Å². The maximum absolute atomic E-state index is 11.7. The van der Waals surface area contributed by atoms with E-state index in [0.29, 0.717) is 11.4 Å². The third kappa shape index (κ3) is 4.60. The highest BCUT2D eigenvalue weighted by molar-refractivity contribution is 9.10. The highest BCUT2D eigenvalue weighted by Gasteiger charge is 2.10. The first-order valence-electron chi connectivity index (χ1n) is 6.02. The van der Waals surface area contributed by atoms with Crippen LogP contribution >= 0.6 is 15.9 Å². The molecule has 1 heterocycles. The molecule has 1 amide bonds. The Kier molecular flexibility index (Phi) is 4.94. The number of halogens is 1. The molecular weight excluding hydrogens is 340 g/mol. The molecule has 0 bridgehead atoms. The van der Waals surface area contributed by atoms with E-state index >= 15 is 0 Å². The van der Waals surface area contributed by atoms with Crippen LogP contribution in [0.3, 0.4) is 0 Å². The van der Waals surface area contributed by atoms with Crippen LogP contribution in [0.2, 0.25) is 0 Å². The molecule has 0 fully saturated rings. The lowest BCUT2D eigenvalue weighted by Gasteiger charge is -2.08. The van der Waals surface area contributed by atoms with Crippen LogP contribution in [0.25, 0.3) is 0 Å². The zero-order valence-corrected chi connectivity index (χ0v) is 12.5. The highest BCUT2D eigenvalue weighted by atomic mass is 79.9. The lowest BCUT2D eigenvalue weighted by Crippen LogP contribution is -2.23. The number of nitrogen functional groups attached to an aromatic ring is 1. The zero-order chi connectivity index (χ0) is 15.2. The molecule has 0 spiro atoms. The maximum Gasteiger partial charge on any atom is 0.328 e. The molecule has 0 atom stereocenters. The second-order valence-electron chi connectivity index (χ2n) is 4.16. The van der Waals surface area contributed by atoms with Crippen LogP contribution < -0.4 is 11.1 Å². The molecule has 21 heavy (non-hydrogen) atoms. The standard InChI is InChI=1S/C13H13BrN4O3/c14-10-3-1-2-4-11(10)17-12(19)8-21-13(20)7-18-6-9(15)5-16-18/h1-6H,7-8,15H2,(H,17,19). The van der Waals surface area contributed by atoms with E-state index < -0.39 is 11.9 Å². The number of nitrogens with two attached hydrogens (primary N) is 1. The zero-order valence-electron chi connectivity index (χ0n) is 11.0. The Labute approximate surface area is 129 Å². The summed E-state index contributed by atoms with van der Waals surface area (Å²) in [5.74, 6) is -0.990. The number of esters is 1. The molecule has 0 aliphatic carbocycles. The van der Waals surface area contributed by atoms with Gasteiger partial charge in [-0.15, -0.1) is 0 Å². The molecule has 3 N–H and O–H groups in total. The van der Waals surface area contributed by atoms with E-state index in [1.165, 1.54) is 17.1 Å². The van der Waals surface area contributed by atoms with Gasteiger partial charge in [0.2, 0.25) is 0 Å². The van der Waals surface area contributed by atoms with Crippen molar-refractivity contribution in [1.82, 2.24) is 9.78 Å². The number of anilines is 2. The summed E-state index contributed by atoms with van der Waals surface area (Å²) in [4.78, 5) is 23.2. The summed E-state index contributed by atoms with van der Waals surface area (Å²) in [6.45, 7) is -0.462. The van der Waals surface area contributed by atoms with E-state index in [4.69, 9.17) is 10.5 Å². The van der Waals surface area contributed by atoms with Crippen LogP contribution in [0.4, 0.5) is 11.4 Å². The van der Waals surface area contributed by atoms with Crippen molar-refractivity contribution in [3.63, 3.8) is 0 Å². The number of aromatic nitrogens is 2. The second-order valence-corrected chi connectivity index (χ2v) is 5.01. The molecular formula is C13H13BrN4O3. The largest absolute Gasteiger partial charge is 0.454 e. The monoisotopic (exact) mass is 352 g/mol. The summed E-state index contributed by atoms with van der Waals surface area (Å²) in [6.07, 6.45) is 2.93. The van der Waals surface area contributed by atoms with Gasteiger partial charge in [0.25, 0.3) is 5.91 Å². The van der Waals surface area contributed by atoms with Crippen molar-refractivity contribution in [2.24, 2.45) is 0 Å². The lowest BCUT2D eigenvalue weighted by atomic mass is 10.3. The Hall–Kier alpha value is -2.35. The molecule has 1 aromatic carbocycles. The fourth-order valence-electron chi connectivity index (χ4n) is 1.54. The number of hydrogen-bond donors (Lipinski definition) is 2. The van der Waals surface area contributed by atoms with E-state index in [2.05, 4.69) is 26.3 Å². The van der Waals surface area contributed by atoms with Crippen LogP contribution in [0.5, 0.6) is 0 Å². The molecule has 7 nitrogen and oxygen atoms in total. The van der Waals surface area contributed by atoms with Crippen molar-refractivity contribution in [3.8, 4) is 0 Å². The van der Waals surface area contributed by atoms with E-state index in [0.717, 1.165) is 4.47 Å². The number of benzene rings is 1. The second kappa shape index (κ2) is 6.89. The molecule has 2 rings (SSSR count). The van der Waals surface area contributed by atoms with Crippen LogP contribution in [-0.2, 0) is 20.9 Å². The van der Waals surface area contributed by atoms with Crippen molar-refractivity contribution < 1.29 is 14.3 Å². The Morgan fingerprint density at radius 1 is 1.38 bits per heavy atom. The maximum atomic E-state index is 11.7. The quantitative estimate of drug-likeness (QED) is 0.792. The first-order valence-corrected chi connectivity index (χ1v) is 6.82. The molecule has 0 saturated heterocycles. The van der Waals surface area contributed by atoms with E-state index in [1.807, 2.05) is 6.07 Å². The fourth-order valence-corrected chi connectivity index (χ4v) is 1.92. The SMILES string of the molecule is Nc1cnn(CC(=O)OCC(=O)Nc2ccccc2Br)c1. The fraction of sp³-hybridized carbons (Fsp3) is 0.154. The highest BCUT2D eigenvalue weighted by Crippen LogP contribution is 2.20. The molecule has 0 aliphatic rings. The number of amides is 1. The van der Waals surface area contributed by atoms with Crippen LogP contribution in [0, 0.1) is 0 Å². The first kappa shape index (κ1) is 15.0. The van der Waals surface area contributed by atoms with Gasteiger partial charge in [-0.3, -0.25) is 14.3 Å². The Bertz CT molecular complexity index is 656. The number of carbonyl (C=O) groups is 2. The number of para-hydroxylation sites is 1. The number of nitrogens with one attached hydrogen (secondary N) is 1. The van der Waals surface area contributed by atoms with E-state index in [-0.39, 0.29) is 13.2 Å². The Morgan fingerprint density at radius 3 is 2.81 bits per heavy atom. The van der Waals surface area contributed by atoms with Gasteiger partial charge < -0.3 is 15.8 Å². The Balaban J connectivity index is 1.78. The van der Waals surface area contributed by atoms with Gasteiger partial charge in [0.05, 0.1) is 17.6 Å². The molecule has 0 aliphatic heterocycles. The van der Waals surface area contributed by atoms with Gasteiger partial charge in [-0.2, -0.15) is 5.10 Å². The van der Waals surface area contributed by atoms with Gasteiger partial charge in [0.1, 0.15) is 6.54 Å². The molecule has 2 aromatic rings. The molecule has 1 aromatic heterocycles. The molecule has 0 radical (unpaired) electrons. The predicted molar refractivity (Wildman–Crippen MR) is 80.4 cm³/mol. The number of rotatable bonds is 5. The molecule has 0 saturated carbocycles. The van der Waals surface area contributed by atoms with Gasteiger partial charge in [0.15, 0.2) is 6.61 Å². The lowest BCUT2D eigenvalue weighted by molar-refractivity contribution is -0.148. The van der Waals surface area contributed by atoms with Crippen LogP contribution in [0.15, 0.2) is 41.1 Å². The molecule has 0 unspecified atom stereocenters. The van der Waals surface area contributed by atoms with Crippen molar-refractivity contribution in [2.75, 3.05) is 17.7 Å². The molecule has 8 heteroatoms. The third-order valence-electron chi connectivity index (χ3n) is 2.46. The third-order valence-corrected chi connectivity index (χ3v) is 3.15. The summed E-state index contributed by atoms with van der Waals surface area (Å²) in [5.41, 5.74) is 6.54. The van der Waals surface area contributed by atoms with Crippen molar-refractivity contribution in [3.05, 3.63) is 41.1 Å².